The zero-order chi connectivity index (χ0) is 16.1. The second-order valence-electron chi connectivity index (χ2n) is 4.75. The van der Waals surface area contributed by atoms with Gasteiger partial charge in [0.15, 0.2) is 0 Å². The molecule has 2 aromatic rings. The standard InChI is InChI=1S/C16H17N3O3/c1-11(20)19(10-9-17)16(22)15(21)18-14-8-4-6-12-5-2-3-7-13(12)14/h2-8H,9-10,17H2,1H3,(H,18,21). The monoisotopic (exact) mass is 299 g/mol. The summed E-state index contributed by atoms with van der Waals surface area (Å²) < 4.78 is 0. The normalized spacial score (nSPS) is 10.3. The Bertz CT molecular complexity index is 722. The average Bonchev–Trinajstić information content (AvgIpc) is 2.52. The molecule has 0 saturated carbocycles. The second kappa shape index (κ2) is 6.82. The fourth-order valence-corrected chi connectivity index (χ4v) is 2.16. The smallest absolute Gasteiger partial charge is 0.318 e. The van der Waals surface area contributed by atoms with Crippen LogP contribution < -0.4 is 11.1 Å². The number of carbonyl (C=O) groups excluding carboxylic acids is 3. The number of nitrogens with one attached hydrogen (secondary N) is 1. The van der Waals surface area contributed by atoms with Crippen molar-refractivity contribution in [3.05, 3.63) is 42.5 Å². The number of imide groups is 1. The summed E-state index contributed by atoms with van der Waals surface area (Å²) in [4.78, 5) is 36.4. The van der Waals surface area contributed by atoms with Crippen LogP contribution in [0.4, 0.5) is 5.69 Å². The molecular weight excluding hydrogens is 282 g/mol. The second-order valence-corrected chi connectivity index (χ2v) is 4.75. The molecule has 0 atom stereocenters. The topological polar surface area (TPSA) is 92.5 Å². The highest BCUT2D eigenvalue weighted by molar-refractivity contribution is 6.42. The summed E-state index contributed by atoms with van der Waals surface area (Å²) in [6.07, 6.45) is 0. The van der Waals surface area contributed by atoms with Gasteiger partial charge in [-0.15, -0.1) is 0 Å². The Morgan fingerprint density at radius 2 is 1.77 bits per heavy atom. The Kier molecular flexibility index (Phi) is 4.85. The molecule has 6 heteroatoms. The third-order valence-electron chi connectivity index (χ3n) is 3.21. The van der Waals surface area contributed by atoms with Gasteiger partial charge in [0, 0.05) is 31.1 Å². The summed E-state index contributed by atoms with van der Waals surface area (Å²) in [5, 5.41) is 4.32. The lowest BCUT2D eigenvalue weighted by Gasteiger charge is -2.17. The van der Waals surface area contributed by atoms with Gasteiger partial charge in [-0.3, -0.25) is 19.3 Å². The maximum absolute atomic E-state index is 12.1. The SMILES string of the molecule is CC(=O)N(CCN)C(=O)C(=O)Nc1cccc2ccccc12. The molecule has 3 amide bonds. The molecule has 0 fully saturated rings. The van der Waals surface area contributed by atoms with Gasteiger partial charge in [-0.1, -0.05) is 36.4 Å². The van der Waals surface area contributed by atoms with Crippen molar-refractivity contribution >= 4 is 34.2 Å². The highest BCUT2D eigenvalue weighted by Gasteiger charge is 2.24. The first-order valence-corrected chi connectivity index (χ1v) is 6.86. The van der Waals surface area contributed by atoms with Gasteiger partial charge in [0.2, 0.25) is 5.91 Å². The molecule has 114 valence electrons. The summed E-state index contributed by atoms with van der Waals surface area (Å²) in [6.45, 7) is 1.34. The van der Waals surface area contributed by atoms with Gasteiger partial charge in [0.1, 0.15) is 0 Å². The van der Waals surface area contributed by atoms with Gasteiger partial charge in [-0.2, -0.15) is 0 Å². The van der Waals surface area contributed by atoms with Gasteiger partial charge in [-0.05, 0) is 11.5 Å². The number of hydrogen-bond acceptors (Lipinski definition) is 4. The van der Waals surface area contributed by atoms with Gasteiger partial charge in [-0.25, -0.2) is 0 Å². The molecular formula is C16H17N3O3. The number of nitrogens with two attached hydrogens (primary N) is 1. The van der Waals surface area contributed by atoms with E-state index in [2.05, 4.69) is 5.32 Å². The van der Waals surface area contributed by atoms with Crippen LogP contribution in [0.2, 0.25) is 0 Å². The molecule has 0 heterocycles. The van der Waals surface area contributed by atoms with Crippen LogP contribution >= 0.6 is 0 Å². The van der Waals surface area contributed by atoms with Crippen LogP contribution in [-0.2, 0) is 14.4 Å². The summed E-state index contributed by atoms with van der Waals surface area (Å²) in [6, 6.07) is 12.9. The molecule has 22 heavy (non-hydrogen) atoms. The predicted molar refractivity (Wildman–Crippen MR) is 84.0 cm³/mol. The van der Waals surface area contributed by atoms with E-state index < -0.39 is 17.7 Å². The minimum Gasteiger partial charge on any atom is -0.329 e. The third kappa shape index (κ3) is 3.29. The molecule has 3 N–H and O–H groups in total. The van der Waals surface area contributed by atoms with Crippen LogP contribution in [0.3, 0.4) is 0 Å². The van der Waals surface area contributed by atoms with Gasteiger partial charge >= 0.3 is 11.8 Å². The van der Waals surface area contributed by atoms with Gasteiger partial charge in [0.05, 0.1) is 0 Å². The molecule has 2 rings (SSSR count). The number of amides is 3. The van der Waals surface area contributed by atoms with E-state index in [1.54, 1.807) is 12.1 Å². The highest BCUT2D eigenvalue weighted by Crippen LogP contribution is 2.22. The van der Waals surface area contributed by atoms with Crippen molar-refractivity contribution in [1.82, 2.24) is 4.90 Å². The predicted octanol–water partition coefficient (Wildman–Crippen LogP) is 1.11. The molecule has 0 aliphatic carbocycles. The minimum absolute atomic E-state index is 0.0110. The van der Waals surface area contributed by atoms with Crippen molar-refractivity contribution < 1.29 is 14.4 Å². The van der Waals surface area contributed by atoms with E-state index in [-0.39, 0.29) is 13.1 Å². The van der Waals surface area contributed by atoms with Crippen molar-refractivity contribution in [1.29, 1.82) is 0 Å². The Hall–Kier alpha value is -2.73. The van der Waals surface area contributed by atoms with E-state index in [4.69, 9.17) is 5.73 Å². The number of rotatable bonds is 3. The fourth-order valence-electron chi connectivity index (χ4n) is 2.16. The largest absolute Gasteiger partial charge is 0.329 e. The lowest BCUT2D eigenvalue weighted by Crippen LogP contribution is -2.44. The van der Waals surface area contributed by atoms with Crippen molar-refractivity contribution in [2.24, 2.45) is 5.73 Å². The van der Waals surface area contributed by atoms with E-state index in [9.17, 15) is 14.4 Å². The zero-order valence-corrected chi connectivity index (χ0v) is 12.2. The molecule has 0 aliphatic rings. The molecule has 0 bridgehead atoms. The lowest BCUT2D eigenvalue weighted by molar-refractivity contribution is -0.149. The molecule has 0 aromatic heterocycles. The summed E-state index contributed by atoms with van der Waals surface area (Å²) in [7, 11) is 0. The number of benzene rings is 2. The Morgan fingerprint density at radius 3 is 2.45 bits per heavy atom. The third-order valence-corrected chi connectivity index (χ3v) is 3.21. The number of carbonyl (C=O) groups is 3. The molecule has 0 spiro atoms. The number of hydrogen-bond donors (Lipinski definition) is 2. The van der Waals surface area contributed by atoms with Crippen LogP contribution in [0.1, 0.15) is 6.92 Å². The van der Waals surface area contributed by atoms with Crippen LogP contribution in [0.25, 0.3) is 10.8 Å². The lowest BCUT2D eigenvalue weighted by atomic mass is 10.1. The minimum atomic E-state index is -0.911. The van der Waals surface area contributed by atoms with Crippen molar-refractivity contribution in [2.75, 3.05) is 18.4 Å². The van der Waals surface area contributed by atoms with Gasteiger partial charge < -0.3 is 11.1 Å². The van der Waals surface area contributed by atoms with E-state index in [1.807, 2.05) is 30.3 Å². The fraction of sp³-hybridized carbons (Fsp3) is 0.188. The van der Waals surface area contributed by atoms with Crippen LogP contribution in [0.15, 0.2) is 42.5 Å². The van der Waals surface area contributed by atoms with E-state index >= 15 is 0 Å². The Morgan fingerprint density at radius 1 is 1.09 bits per heavy atom. The first kappa shape index (κ1) is 15.7. The Balaban J connectivity index is 2.23. The van der Waals surface area contributed by atoms with Crippen molar-refractivity contribution in [3.8, 4) is 0 Å². The maximum Gasteiger partial charge on any atom is 0.318 e. The van der Waals surface area contributed by atoms with Crippen molar-refractivity contribution in [2.45, 2.75) is 6.92 Å². The molecule has 2 aromatic carbocycles. The van der Waals surface area contributed by atoms with Crippen LogP contribution in [-0.4, -0.2) is 35.7 Å². The zero-order valence-electron chi connectivity index (χ0n) is 12.2. The van der Waals surface area contributed by atoms with E-state index in [0.717, 1.165) is 15.7 Å². The first-order valence-electron chi connectivity index (χ1n) is 6.86. The van der Waals surface area contributed by atoms with E-state index in [0.29, 0.717) is 5.69 Å². The summed E-state index contributed by atoms with van der Waals surface area (Å²) in [5.41, 5.74) is 5.88. The van der Waals surface area contributed by atoms with Gasteiger partial charge in [0.25, 0.3) is 0 Å². The molecule has 6 nitrogen and oxygen atoms in total. The molecule has 0 aliphatic heterocycles. The van der Waals surface area contributed by atoms with E-state index in [1.165, 1.54) is 6.92 Å². The number of anilines is 1. The molecule has 0 unspecified atom stereocenters. The highest BCUT2D eigenvalue weighted by atomic mass is 16.2. The number of fused-ring (bicyclic) bond motifs is 1. The molecule has 0 radical (unpaired) electrons. The summed E-state index contributed by atoms with van der Waals surface area (Å²) in [5.74, 6) is -2.28. The number of nitrogens with zero attached hydrogens (tertiary/aromatic N) is 1. The average molecular weight is 299 g/mol. The Labute approximate surface area is 127 Å². The van der Waals surface area contributed by atoms with Crippen molar-refractivity contribution in [3.63, 3.8) is 0 Å². The summed E-state index contributed by atoms with van der Waals surface area (Å²) >= 11 is 0. The first-order chi connectivity index (χ1) is 10.5. The quantitative estimate of drug-likeness (QED) is 0.830. The van der Waals surface area contributed by atoms with Crippen LogP contribution in [0.5, 0.6) is 0 Å². The van der Waals surface area contributed by atoms with Crippen LogP contribution in [0, 0.1) is 0 Å². The molecule has 0 saturated heterocycles. The maximum atomic E-state index is 12.1.